The van der Waals surface area contributed by atoms with E-state index in [1.807, 2.05) is 12.1 Å². The Balaban J connectivity index is 1.85. The minimum absolute atomic E-state index is 0.0510. The van der Waals surface area contributed by atoms with Gasteiger partial charge in [-0.3, -0.25) is 4.79 Å². The van der Waals surface area contributed by atoms with Crippen molar-refractivity contribution in [3.05, 3.63) is 22.2 Å². The molecule has 21 heavy (non-hydrogen) atoms. The van der Waals surface area contributed by atoms with Crippen molar-refractivity contribution in [3.8, 4) is 0 Å². The fourth-order valence-corrected chi connectivity index (χ4v) is 4.49. The first-order valence-corrected chi connectivity index (χ1v) is 8.89. The van der Waals surface area contributed by atoms with E-state index in [1.165, 1.54) is 30.6 Å². The number of nitrogens with zero attached hydrogens (tertiary/aromatic N) is 1. The smallest absolute Gasteiger partial charge is 0.268 e. The summed E-state index contributed by atoms with van der Waals surface area (Å²) in [7, 11) is 0. The Kier molecular flexibility index (Phi) is 4.27. The van der Waals surface area contributed by atoms with Crippen LogP contribution in [0.5, 0.6) is 0 Å². The van der Waals surface area contributed by atoms with E-state index in [4.69, 9.17) is 11.6 Å². The van der Waals surface area contributed by atoms with Crippen molar-refractivity contribution >= 4 is 39.1 Å². The lowest BCUT2D eigenvalue weighted by molar-refractivity contribution is 0.0901. The lowest BCUT2D eigenvalue weighted by Gasteiger charge is -2.29. The Labute approximate surface area is 134 Å². The molecule has 1 N–H and O–H groups in total. The van der Waals surface area contributed by atoms with Crippen molar-refractivity contribution < 1.29 is 4.79 Å². The molecule has 1 fully saturated rings. The van der Waals surface area contributed by atoms with Crippen LogP contribution in [0.1, 0.15) is 50.0 Å². The average molecular weight is 325 g/mol. The van der Waals surface area contributed by atoms with E-state index in [0.29, 0.717) is 12.0 Å². The Morgan fingerprint density at radius 2 is 2.19 bits per heavy atom. The first-order chi connectivity index (χ1) is 10.1. The summed E-state index contributed by atoms with van der Waals surface area (Å²) in [4.78, 5) is 12.6. The van der Waals surface area contributed by atoms with E-state index in [1.54, 1.807) is 0 Å². The highest BCUT2D eigenvalue weighted by atomic mass is 35.5. The van der Waals surface area contributed by atoms with Crippen LogP contribution in [-0.4, -0.2) is 16.5 Å². The second kappa shape index (κ2) is 6.01. The Morgan fingerprint density at radius 1 is 1.43 bits per heavy atom. The minimum atomic E-state index is 0.0510. The van der Waals surface area contributed by atoms with E-state index in [0.717, 1.165) is 33.2 Å². The van der Waals surface area contributed by atoms with E-state index in [2.05, 4.69) is 23.7 Å². The third kappa shape index (κ3) is 2.84. The third-order valence-corrected chi connectivity index (χ3v) is 5.74. The number of halogens is 1. The third-order valence-electron chi connectivity index (χ3n) is 4.54. The van der Waals surface area contributed by atoms with Gasteiger partial charge in [0, 0.05) is 12.6 Å². The summed E-state index contributed by atoms with van der Waals surface area (Å²) in [5.41, 5.74) is 1.82. The summed E-state index contributed by atoms with van der Waals surface area (Å²) in [6.45, 7) is 5.08. The van der Waals surface area contributed by atoms with E-state index >= 15 is 0 Å². The summed E-state index contributed by atoms with van der Waals surface area (Å²) >= 11 is 7.60. The molecule has 1 amide bonds. The summed E-state index contributed by atoms with van der Waals surface area (Å²) in [5.74, 6) is 0.624. The van der Waals surface area contributed by atoms with Gasteiger partial charge in [0.15, 0.2) is 0 Å². The van der Waals surface area contributed by atoms with Crippen molar-refractivity contribution in [2.24, 2.45) is 5.92 Å². The highest BCUT2D eigenvalue weighted by Gasteiger charge is 2.25. The predicted octanol–water partition coefficient (Wildman–Crippen LogP) is 4.68. The SMILES string of the molecule is CCn1c(C(=O)N[C@H]2CCCC[C@@H]2C)cc2sc(Cl)cc21. The van der Waals surface area contributed by atoms with Gasteiger partial charge in [0.25, 0.3) is 5.91 Å². The van der Waals surface area contributed by atoms with Crippen molar-refractivity contribution in [2.75, 3.05) is 0 Å². The number of carbonyl (C=O) groups is 1. The summed E-state index contributed by atoms with van der Waals surface area (Å²) in [5, 5.41) is 3.24. The molecule has 2 aromatic rings. The molecule has 3 rings (SSSR count). The van der Waals surface area contributed by atoms with Crippen LogP contribution >= 0.6 is 22.9 Å². The quantitative estimate of drug-likeness (QED) is 0.873. The monoisotopic (exact) mass is 324 g/mol. The van der Waals surface area contributed by atoms with Crippen LogP contribution in [0.15, 0.2) is 12.1 Å². The largest absolute Gasteiger partial charge is 0.348 e. The molecular weight excluding hydrogens is 304 g/mol. The van der Waals surface area contributed by atoms with Crippen LogP contribution in [-0.2, 0) is 6.54 Å². The fraction of sp³-hybridized carbons (Fsp3) is 0.562. The van der Waals surface area contributed by atoms with Crippen LogP contribution in [0.2, 0.25) is 4.34 Å². The van der Waals surface area contributed by atoms with Gasteiger partial charge in [0.1, 0.15) is 5.69 Å². The number of fused-ring (bicyclic) bond motifs is 1. The molecule has 1 aliphatic carbocycles. The topological polar surface area (TPSA) is 34.0 Å². The van der Waals surface area contributed by atoms with Gasteiger partial charge >= 0.3 is 0 Å². The molecule has 3 nitrogen and oxygen atoms in total. The van der Waals surface area contributed by atoms with Crippen LogP contribution in [0.4, 0.5) is 0 Å². The van der Waals surface area contributed by atoms with Crippen LogP contribution in [0.3, 0.4) is 0 Å². The van der Waals surface area contributed by atoms with Gasteiger partial charge in [0.05, 0.1) is 14.6 Å². The van der Waals surface area contributed by atoms with Gasteiger partial charge in [-0.25, -0.2) is 0 Å². The number of thiophene rings is 1. The number of carbonyl (C=O) groups excluding carboxylic acids is 1. The highest BCUT2D eigenvalue weighted by Crippen LogP contribution is 2.32. The van der Waals surface area contributed by atoms with Gasteiger partial charge in [-0.2, -0.15) is 0 Å². The molecule has 1 saturated carbocycles. The first kappa shape index (κ1) is 14.9. The number of aryl methyl sites for hydroxylation is 1. The second-order valence-corrected chi connectivity index (χ2v) is 7.63. The van der Waals surface area contributed by atoms with Gasteiger partial charge < -0.3 is 9.88 Å². The minimum Gasteiger partial charge on any atom is -0.348 e. The molecule has 2 atom stereocenters. The summed E-state index contributed by atoms with van der Waals surface area (Å²) in [6, 6.07) is 4.23. The van der Waals surface area contributed by atoms with Gasteiger partial charge in [-0.1, -0.05) is 31.4 Å². The molecule has 2 heterocycles. The zero-order valence-electron chi connectivity index (χ0n) is 12.5. The highest BCUT2D eigenvalue weighted by molar-refractivity contribution is 7.22. The van der Waals surface area contributed by atoms with Crippen LogP contribution < -0.4 is 5.32 Å². The fourth-order valence-electron chi connectivity index (χ4n) is 3.31. The van der Waals surface area contributed by atoms with Crippen molar-refractivity contribution in [2.45, 2.75) is 52.1 Å². The van der Waals surface area contributed by atoms with Gasteiger partial charge in [-0.05, 0) is 37.8 Å². The maximum Gasteiger partial charge on any atom is 0.268 e. The van der Waals surface area contributed by atoms with Gasteiger partial charge in [-0.15, -0.1) is 11.3 Å². The van der Waals surface area contributed by atoms with Crippen LogP contribution in [0, 0.1) is 5.92 Å². The molecule has 0 bridgehead atoms. The zero-order valence-corrected chi connectivity index (χ0v) is 14.1. The number of rotatable bonds is 3. The second-order valence-electron chi connectivity index (χ2n) is 5.92. The molecule has 114 valence electrons. The van der Waals surface area contributed by atoms with E-state index in [9.17, 15) is 4.79 Å². The number of hydrogen-bond donors (Lipinski definition) is 1. The van der Waals surface area contributed by atoms with Crippen molar-refractivity contribution in [1.82, 2.24) is 9.88 Å². The number of aromatic nitrogens is 1. The molecule has 0 saturated heterocycles. The molecule has 0 unspecified atom stereocenters. The first-order valence-electron chi connectivity index (χ1n) is 7.69. The maximum atomic E-state index is 12.6. The summed E-state index contributed by atoms with van der Waals surface area (Å²) in [6.07, 6.45) is 4.81. The molecule has 1 aliphatic rings. The Bertz CT molecular complexity index is 661. The number of amides is 1. The Morgan fingerprint density at radius 3 is 2.90 bits per heavy atom. The van der Waals surface area contributed by atoms with Gasteiger partial charge in [0.2, 0.25) is 0 Å². The average Bonchev–Trinajstić information content (AvgIpc) is 2.96. The molecule has 0 spiro atoms. The molecule has 0 radical (unpaired) electrons. The maximum absolute atomic E-state index is 12.6. The summed E-state index contributed by atoms with van der Waals surface area (Å²) < 4.78 is 3.92. The lowest BCUT2D eigenvalue weighted by Crippen LogP contribution is -2.41. The van der Waals surface area contributed by atoms with Crippen LogP contribution in [0.25, 0.3) is 10.2 Å². The molecular formula is C16H21ClN2OS. The Hall–Kier alpha value is -1.00. The lowest BCUT2D eigenvalue weighted by atomic mass is 9.86. The van der Waals surface area contributed by atoms with Crippen molar-refractivity contribution in [3.63, 3.8) is 0 Å². The normalized spacial score (nSPS) is 22.6. The number of hydrogen-bond acceptors (Lipinski definition) is 2. The number of nitrogens with one attached hydrogen (secondary N) is 1. The molecule has 2 aromatic heterocycles. The van der Waals surface area contributed by atoms with E-state index < -0.39 is 0 Å². The predicted molar refractivity (Wildman–Crippen MR) is 89.4 cm³/mol. The molecule has 5 heteroatoms. The zero-order chi connectivity index (χ0) is 15.0. The van der Waals surface area contributed by atoms with Crippen molar-refractivity contribution in [1.29, 1.82) is 0 Å². The molecule has 0 aliphatic heterocycles. The van der Waals surface area contributed by atoms with E-state index in [-0.39, 0.29) is 5.91 Å². The molecule has 0 aromatic carbocycles. The standard InChI is InChI=1S/C16H21ClN2OS/c1-3-19-12-9-15(17)21-14(12)8-13(19)16(20)18-11-7-5-4-6-10(11)2/h8-11H,3-7H2,1-2H3,(H,18,20)/t10-,11-/m0/s1.